The fourth-order valence-electron chi connectivity index (χ4n) is 2.35. The number of rotatable bonds is 4. The predicted molar refractivity (Wildman–Crippen MR) is 79.3 cm³/mol. The maximum atomic E-state index is 5.78. The van der Waals surface area contributed by atoms with Gasteiger partial charge in [-0.3, -0.25) is 0 Å². The van der Waals surface area contributed by atoms with Crippen LogP contribution in [0.15, 0.2) is 47.2 Å². The molecule has 0 bridgehead atoms. The number of aromatic nitrogens is 2. The van der Waals surface area contributed by atoms with E-state index in [-0.39, 0.29) is 5.92 Å². The van der Waals surface area contributed by atoms with E-state index >= 15 is 0 Å². The molecule has 4 nitrogen and oxygen atoms in total. The number of nitrogens with zero attached hydrogens (tertiary/aromatic N) is 2. The molecule has 1 aromatic carbocycles. The van der Waals surface area contributed by atoms with Gasteiger partial charge in [-0.05, 0) is 18.6 Å². The highest BCUT2D eigenvalue weighted by Gasteiger charge is 2.14. The highest BCUT2D eigenvalue weighted by atomic mass is 16.3. The van der Waals surface area contributed by atoms with E-state index in [9.17, 15) is 0 Å². The lowest BCUT2D eigenvalue weighted by molar-refractivity contribution is 0.615. The van der Waals surface area contributed by atoms with Gasteiger partial charge in [0, 0.05) is 29.6 Å². The lowest BCUT2D eigenvalue weighted by atomic mass is 10.1. The van der Waals surface area contributed by atoms with Gasteiger partial charge < -0.3 is 10.2 Å². The van der Waals surface area contributed by atoms with Gasteiger partial charge in [0.15, 0.2) is 0 Å². The van der Waals surface area contributed by atoms with E-state index in [0.29, 0.717) is 6.54 Å². The molecule has 1 unspecified atom stereocenters. The third kappa shape index (κ3) is 2.18. The predicted octanol–water partition coefficient (Wildman–Crippen LogP) is 3.34. The SMILES string of the molecule is CCC(CN)c1nccc(-c2coc3ccccc23)n1. The largest absolute Gasteiger partial charge is 0.464 e. The minimum atomic E-state index is 0.202. The Bertz CT molecular complexity index is 716. The van der Waals surface area contributed by atoms with E-state index in [4.69, 9.17) is 10.2 Å². The molecule has 20 heavy (non-hydrogen) atoms. The number of hydrogen-bond donors (Lipinski definition) is 1. The Morgan fingerprint density at radius 1 is 1.25 bits per heavy atom. The fourth-order valence-corrected chi connectivity index (χ4v) is 2.35. The van der Waals surface area contributed by atoms with Crippen molar-refractivity contribution in [2.24, 2.45) is 5.73 Å². The summed E-state index contributed by atoms with van der Waals surface area (Å²) >= 11 is 0. The van der Waals surface area contributed by atoms with Gasteiger partial charge in [0.05, 0.1) is 5.69 Å². The normalized spacial score (nSPS) is 12.7. The molecule has 2 heterocycles. The van der Waals surface area contributed by atoms with Crippen LogP contribution in [0.4, 0.5) is 0 Å². The molecule has 1 atom stereocenters. The summed E-state index contributed by atoms with van der Waals surface area (Å²) in [4.78, 5) is 9.01. The van der Waals surface area contributed by atoms with Crippen LogP contribution < -0.4 is 5.73 Å². The highest BCUT2D eigenvalue weighted by Crippen LogP contribution is 2.29. The quantitative estimate of drug-likeness (QED) is 0.787. The van der Waals surface area contributed by atoms with Crippen molar-refractivity contribution in [3.8, 4) is 11.3 Å². The summed E-state index contributed by atoms with van der Waals surface area (Å²) in [6.07, 6.45) is 4.48. The van der Waals surface area contributed by atoms with E-state index in [2.05, 4.69) is 16.9 Å². The molecule has 0 radical (unpaired) electrons. The van der Waals surface area contributed by atoms with Crippen molar-refractivity contribution in [2.45, 2.75) is 19.3 Å². The molecule has 0 saturated carbocycles. The number of para-hydroxylation sites is 1. The van der Waals surface area contributed by atoms with Gasteiger partial charge >= 0.3 is 0 Å². The van der Waals surface area contributed by atoms with Crippen LogP contribution in [0.2, 0.25) is 0 Å². The summed E-state index contributed by atoms with van der Waals surface area (Å²) in [6.45, 7) is 2.66. The zero-order valence-corrected chi connectivity index (χ0v) is 11.4. The van der Waals surface area contributed by atoms with Gasteiger partial charge in [0.2, 0.25) is 0 Å². The Kier molecular flexibility index (Phi) is 3.48. The topological polar surface area (TPSA) is 64.9 Å². The Hall–Kier alpha value is -2.20. The molecular weight excluding hydrogens is 250 g/mol. The van der Waals surface area contributed by atoms with Gasteiger partial charge in [0.25, 0.3) is 0 Å². The number of fused-ring (bicyclic) bond motifs is 1. The van der Waals surface area contributed by atoms with Crippen molar-refractivity contribution in [3.63, 3.8) is 0 Å². The summed E-state index contributed by atoms with van der Waals surface area (Å²) in [5, 5.41) is 1.07. The second-order valence-corrected chi connectivity index (χ2v) is 4.79. The van der Waals surface area contributed by atoms with Crippen molar-refractivity contribution in [3.05, 3.63) is 48.6 Å². The second kappa shape index (κ2) is 5.43. The Morgan fingerprint density at radius 3 is 2.90 bits per heavy atom. The summed E-state index contributed by atoms with van der Waals surface area (Å²) in [5.74, 6) is 1.01. The molecule has 3 aromatic rings. The molecule has 0 spiro atoms. The van der Waals surface area contributed by atoms with Crippen LogP contribution in [-0.2, 0) is 0 Å². The Morgan fingerprint density at radius 2 is 2.10 bits per heavy atom. The van der Waals surface area contributed by atoms with Crippen LogP contribution >= 0.6 is 0 Å². The molecule has 0 saturated heterocycles. The molecule has 0 amide bonds. The second-order valence-electron chi connectivity index (χ2n) is 4.79. The third-order valence-electron chi connectivity index (χ3n) is 3.57. The Labute approximate surface area is 117 Å². The number of benzene rings is 1. The highest BCUT2D eigenvalue weighted by molar-refractivity contribution is 5.92. The number of nitrogens with two attached hydrogens (primary N) is 1. The molecule has 0 aliphatic rings. The summed E-state index contributed by atoms with van der Waals surface area (Å²) in [7, 11) is 0. The van der Waals surface area contributed by atoms with Gasteiger partial charge in [-0.2, -0.15) is 0 Å². The van der Waals surface area contributed by atoms with Crippen molar-refractivity contribution < 1.29 is 4.42 Å². The minimum Gasteiger partial charge on any atom is -0.464 e. The molecule has 0 aliphatic carbocycles. The molecule has 0 fully saturated rings. The van der Waals surface area contributed by atoms with Crippen LogP contribution in [0.5, 0.6) is 0 Å². The van der Waals surface area contributed by atoms with Gasteiger partial charge in [-0.25, -0.2) is 9.97 Å². The van der Waals surface area contributed by atoms with Crippen molar-refractivity contribution in [2.75, 3.05) is 6.54 Å². The smallest absolute Gasteiger partial charge is 0.134 e. The third-order valence-corrected chi connectivity index (χ3v) is 3.57. The molecule has 3 rings (SSSR count). The molecular formula is C16H17N3O. The van der Waals surface area contributed by atoms with Crippen LogP contribution in [-0.4, -0.2) is 16.5 Å². The van der Waals surface area contributed by atoms with Crippen LogP contribution in [0, 0.1) is 0 Å². The Balaban J connectivity index is 2.08. The minimum absolute atomic E-state index is 0.202. The van der Waals surface area contributed by atoms with Crippen LogP contribution in [0.1, 0.15) is 25.1 Å². The first-order valence-corrected chi connectivity index (χ1v) is 6.83. The van der Waals surface area contributed by atoms with Crippen molar-refractivity contribution in [1.29, 1.82) is 0 Å². The van der Waals surface area contributed by atoms with Crippen molar-refractivity contribution >= 4 is 11.0 Å². The van der Waals surface area contributed by atoms with Gasteiger partial charge in [0.1, 0.15) is 17.7 Å². The number of hydrogen-bond acceptors (Lipinski definition) is 4. The zero-order valence-electron chi connectivity index (χ0n) is 11.4. The zero-order chi connectivity index (χ0) is 13.9. The fraction of sp³-hybridized carbons (Fsp3) is 0.250. The lowest BCUT2D eigenvalue weighted by Crippen LogP contribution is -2.14. The molecule has 0 aliphatic heterocycles. The van der Waals surface area contributed by atoms with E-state index < -0.39 is 0 Å². The van der Waals surface area contributed by atoms with E-state index in [1.165, 1.54) is 0 Å². The average molecular weight is 267 g/mol. The first-order chi connectivity index (χ1) is 9.83. The van der Waals surface area contributed by atoms with Gasteiger partial charge in [-0.1, -0.05) is 25.1 Å². The molecule has 102 valence electrons. The summed E-state index contributed by atoms with van der Waals surface area (Å²) in [5.41, 5.74) is 8.52. The molecule has 2 aromatic heterocycles. The number of furan rings is 1. The van der Waals surface area contributed by atoms with Gasteiger partial charge in [-0.15, -0.1) is 0 Å². The lowest BCUT2D eigenvalue weighted by Gasteiger charge is -2.11. The van der Waals surface area contributed by atoms with E-state index in [1.54, 1.807) is 12.5 Å². The maximum Gasteiger partial charge on any atom is 0.134 e. The first-order valence-electron chi connectivity index (χ1n) is 6.83. The standard InChI is InChI=1S/C16H17N3O/c1-2-11(9-17)16-18-8-7-14(19-16)13-10-20-15-6-4-3-5-12(13)15/h3-8,10-11H,2,9,17H2,1H3. The summed E-state index contributed by atoms with van der Waals surface area (Å²) < 4.78 is 5.57. The van der Waals surface area contributed by atoms with Crippen LogP contribution in [0.25, 0.3) is 22.2 Å². The van der Waals surface area contributed by atoms with E-state index in [0.717, 1.165) is 34.5 Å². The van der Waals surface area contributed by atoms with Crippen molar-refractivity contribution in [1.82, 2.24) is 9.97 Å². The first kappa shape index (κ1) is 12.8. The maximum absolute atomic E-state index is 5.78. The average Bonchev–Trinajstić information content (AvgIpc) is 2.93. The van der Waals surface area contributed by atoms with Crippen LogP contribution in [0.3, 0.4) is 0 Å². The summed E-state index contributed by atoms with van der Waals surface area (Å²) in [6, 6.07) is 9.86. The monoisotopic (exact) mass is 267 g/mol. The molecule has 2 N–H and O–H groups in total. The van der Waals surface area contributed by atoms with E-state index in [1.807, 2.05) is 30.3 Å². The molecule has 4 heteroatoms.